The summed E-state index contributed by atoms with van der Waals surface area (Å²) in [6, 6.07) is 17.3. The van der Waals surface area contributed by atoms with Gasteiger partial charge in [-0.2, -0.15) is 0 Å². The molecule has 5 rings (SSSR count). The van der Waals surface area contributed by atoms with Crippen molar-refractivity contribution in [3.63, 3.8) is 0 Å². The molecule has 7 heteroatoms. The Morgan fingerprint density at radius 2 is 1.89 bits per heavy atom. The molecular formula is C30H38N6O. The summed E-state index contributed by atoms with van der Waals surface area (Å²) in [6.45, 7) is 7.73. The predicted octanol–water partition coefficient (Wildman–Crippen LogP) is 5.83. The molecule has 0 unspecified atom stereocenters. The Morgan fingerprint density at radius 3 is 2.65 bits per heavy atom. The summed E-state index contributed by atoms with van der Waals surface area (Å²) >= 11 is 0. The normalized spacial score (nSPS) is 15.1. The molecule has 2 heterocycles. The van der Waals surface area contributed by atoms with Crippen molar-refractivity contribution in [1.29, 1.82) is 0 Å². The van der Waals surface area contributed by atoms with Gasteiger partial charge in [0.2, 0.25) is 0 Å². The van der Waals surface area contributed by atoms with Gasteiger partial charge in [0.15, 0.2) is 5.82 Å². The third kappa shape index (κ3) is 5.67. The third-order valence-corrected chi connectivity index (χ3v) is 7.76. The first-order valence-corrected chi connectivity index (χ1v) is 13.7. The van der Waals surface area contributed by atoms with Gasteiger partial charge in [-0.1, -0.05) is 68.1 Å². The summed E-state index contributed by atoms with van der Waals surface area (Å²) in [5, 5.41) is 14.2. The van der Waals surface area contributed by atoms with Crippen molar-refractivity contribution in [1.82, 2.24) is 30.1 Å². The number of nitrogens with one attached hydrogen (secondary N) is 1. The highest BCUT2D eigenvalue weighted by Gasteiger charge is 2.30. The average molecular weight is 499 g/mol. The molecule has 1 fully saturated rings. The molecule has 4 aromatic rings. The number of aromatic amines is 1. The van der Waals surface area contributed by atoms with Gasteiger partial charge in [0.1, 0.15) is 0 Å². The van der Waals surface area contributed by atoms with Crippen LogP contribution in [0.25, 0.3) is 10.9 Å². The third-order valence-electron chi connectivity index (χ3n) is 7.76. The number of benzene rings is 2. The van der Waals surface area contributed by atoms with E-state index in [0.717, 1.165) is 66.5 Å². The van der Waals surface area contributed by atoms with Gasteiger partial charge in [0.25, 0.3) is 5.56 Å². The maximum absolute atomic E-state index is 13.3. The number of hydrogen-bond acceptors (Lipinski definition) is 5. The smallest absolute Gasteiger partial charge is 0.252 e. The zero-order chi connectivity index (χ0) is 25.8. The van der Waals surface area contributed by atoms with E-state index in [1.165, 1.54) is 24.0 Å². The van der Waals surface area contributed by atoms with Crippen molar-refractivity contribution in [3.8, 4) is 0 Å². The van der Waals surface area contributed by atoms with Gasteiger partial charge in [-0.3, -0.25) is 9.69 Å². The van der Waals surface area contributed by atoms with E-state index in [1.807, 2.05) is 0 Å². The Morgan fingerprint density at radius 1 is 1.11 bits per heavy atom. The SMILES string of the molecule is CCC[C@@H](c1nnnn1C1CCCC1)N(CCc1ccccc1)Cc1cc2cc(C)cc(C)c2[nH]c1=O. The molecule has 1 aliphatic rings. The molecule has 194 valence electrons. The molecule has 2 aromatic carbocycles. The lowest BCUT2D eigenvalue weighted by molar-refractivity contribution is 0.163. The van der Waals surface area contributed by atoms with Crippen LogP contribution in [0.1, 0.15) is 85.6 Å². The van der Waals surface area contributed by atoms with Crippen molar-refractivity contribution in [2.24, 2.45) is 0 Å². The summed E-state index contributed by atoms with van der Waals surface area (Å²) in [4.78, 5) is 18.9. The second-order valence-electron chi connectivity index (χ2n) is 10.6. The minimum absolute atomic E-state index is 0.0187. The number of aryl methyl sites for hydroxylation is 2. The zero-order valence-corrected chi connectivity index (χ0v) is 22.3. The van der Waals surface area contributed by atoms with E-state index in [4.69, 9.17) is 0 Å². The molecule has 37 heavy (non-hydrogen) atoms. The number of pyridine rings is 1. The summed E-state index contributed by atoms with van der Waals surface area (Å²) in [7, 11) is 0. The molecule has 1 aliphatic carbocycles. The Labute approximate surface area is 218 Å². The summed E-state index contributed by atoms with van der Waals surface area (Å²) in [6.07, 6.45) is 7.56. The Kier molecular flexibility index (Phi) is 7.79. The quantitative estimate of drug-likeness (QED) is 0.297. The fourth-order valence-electron chi connectivity index (χ4n) is 5.91. The van der Waals surface area contributed by atoms with Gasteiger partial charge in [0, 0.05) is 18.7 Å². The molecule has 1 atom stereocenters. The van der Waals surface area contributed by atoms with Crippen molar-refractivity contribution in [3.05, 3.63) is 87.0 Å². The van der Waals surface area contributed by atoms with E-state index in [1.54, 1.807) is 0 Å². The Hall–Kier alpha value is -3.32. The van der Waals surface area contributed by atoms with Crippen molar-refractivity contribution in [2.75, 3.05) is 6.54 Å². The van der Waals surface area contributed by atoms with E-state index in [9.17, 15) is 4.79 Å². The highest BCUT2D eigenvalue weighted by Crippen LogP contribution is 2.33. The lowest BCUT2D eigenvalue weighted by atomic mass is 10.0. The second kappa shape index (κ2) is 11.4. The number of aromatic nitrogens is 5. The number of fused-ring (bicyclic) bond motifs is 1. The number of hydrogen-bond donors (Lipinski definition) is 1. The molecular weight excluding hydrogens is 460 g/mol. The molecule has 0 bridgehead atoms. The molecule has 0 amide bonds. The molecule has 0 spiro atoms. The molecule has 7 nitrogen and oxygen atoms in total. The lowest BCUT2D eigenvalue weighted by Gasteiger charge is -2.31. The van der Waals surface area contributed by atoms with Crippen LogP contribution in [0.3, 0.4) is 0 Å². The lowest BCUT2D eigenvalue weighted by Crippen LogP contribution is -2.35. The number of H-pyrrole nitrogens is 1. The van der Waals surface area contributed by atoms with Crippen LogP contribution in [-0.4, -0.2) is 36.6 Å². The fraction of sp³-hybridized carbons (Fsp3) is 0.467. The van der Waals surface area contributed by atoms with Crippen LogP contribution in [0, 0.1) is 13.8 Å². The van der Waals surface area contributed by atoms with Crippen LogP contribution in [0.5, 0.6) is 0 Å². The maximum Gasteiger partial charge on any atom is 0.252 e. The molecule has 0 aliphatic heterocycles. The van der Waals surface area contributed by atoms with Gasteiger partial charge in [-0.15, -0.1) is 5.10 Å². The zero-order valence-electron chi connectivity index (χ0n) is 22.3. The molecule has 1 saturated carbocycles. The van der Waals surface area contributed by atoms with E-state index in [0.29, 0.717) is 12.6 Å². The van der Waals surface area contributed by atoms with Crippen LogP contribution in [0.15, 0.2) is 53.3 Å². The summed E-state index contributed by atoms with van der Waals surface area (Å²) < 4.78 is 2.08. The van der Waals surface area contributed by atoms with Crippen LogP contribution < -0.4 is 5.56 Å². The minimum Gasteiger partial charge on any atom is -0.321 e. The van der Waals surface area contributed by atoms with E-state index in [-0.39, 0.29) is 11.6 Å². The monoisotopic (exact) mass is 498 g/mol. The average Bonchev–Trinajstić information content (AvgIpc) is 3.59. The standard InChI is InChI=1S/C30H38N6O/c1-4-10-27(29-32-33-34-36(29)26-13-8-9-14-26)35(16-15-23-11-6-5-7-12-23)20-25-19-24-18-21(2)17-22(3)28(24)31-30(25)37/h5-7,11-12,17-19,26-27H,4,8-10,13-16,20H2,1-3H3,(H,31,37)/t27-/m0/s1. The topological polar surface area (TPSA) is 79.7 Å². The van der Waals surface area contributed by atoms with E-state index in [2.05, 4.69) is 99.4 Å². The molecule has 1 N–H and O–H groups in total. The Balaban J connectivity index is 1.52. The molecule has 2 aromatic heterocycles. The molecule has 0 saturated heterocycles. The second-order valence-corrected chi connectivity index (χ2v) is 10.6. The highest BCUT2D eigenvalue weighted by atomic mass is 16.1. The van der Waals surface area contributed by atoms with Crippen LogP contribution >= 0.6 is 0 Å². The first-order chi connectivity index (χ1) is 18.0. The number of nitrogens with zero attached hydrogens (tertiary/aromatic N) is 5. The van der Waals surface area contributed by atoms with Gasteiger partial charge in [-0.25, -0.2) is 4.68 Å². The molecule has 0 radical (unpaired) electrons. The number of rotatable bonds is 10. The van der Waals surface area contributed by atoms with Gasteiger partial charge < -0.3 is 4.98 Å². The van der Waals surface area contributed by atoms with Crippen molar-refractivity contribution in [2.45, 2.75) is 84.3 Å². The maximum atomic E-state index is 13.3. The summed E-state index contributed by atoms with van der Waals surface area (Å²) in [5.74, 6) is 0.936. The fourth-order valence-corrected chi connectivity index (χ4v) is 5.91. The van der Waals surface area contributed by atoms with E-state index >= 15 is 0 Å². The van der Waals surface area contributed by atoms with Crippen LogP contribution in [0.4, 0.5) is 0 Å². The first kappa shape index (κ1) is 25.3. The summed E-state index contributed by atoms with van der Waals surface area (Å²) in [5.41, 5.74) is 5.27. The largest absolute Gasteiger partial charge is 0.321 e. The minimum atomic E-state index is -0.0187. The highest BCUT2D eigenvalue weighted by molar-refractivity contribution is 5.82. The van der Waals surface area contributed by atoms with Crippen LogP contribution in [0.2, 0.25) is 0 Å². The van der Waals surface area contributed by atoms with E-state index < -0.39 is 0 Å². The first-order valence-electron chi connectivity index (χ1n) is 13.7. The predicted molar refractivity (Wildman–Crippen MR) is 148 cm³/mol. The number of tetrazole rings is 1. The van der Waals surface area contributed by atoms with Crippen LogP contribution in [-0.2, 0) is 13.0 Å². The van der Waals surface area contributed by atoms with Gasteiger partial charge in [-0.05, 0) is 78.6 Å². The van der Waals surface area contributed by atoms with Gasteiger partial charge in [0.05, 0.1) is 17.6 Å². The van der Waals surface area contributed by atoms with Gasteiger partial charge >= 0.3 is 0 Å². The van der Waals surface area contributed by atoms with Crippen molar-refractivity contribution < 1.29 is 0 Å². The van der Waals surface area contributed by atoms with Crippen molar-refractivity contribution >= 4 is 10.9 Å². The Bertz CT molecular complexity index is 1390.